The lowest BCUT2D eigenvalue weighted by molar-refractivity contribution is 0.0941. The number of aryl methyl sites for hydroxylation is 2. The maximum atomic E-state index is 13.6. The molecule has 44 heavy (non-hydrogen) atoms. The van der Waals surface area contributed by atoms with Gasteiger partial charge in [0.1, 0.15) is 30.5 Å². The second-order valence-corrected chi connectivity index (χ2v) is 10.2. The predicted octanol–water partition coefficient (Wildman–Crippen LogP) is 5.63. The molecule has 1 aliphatic carbocycles. The van der Waals surface area contributed by atoms with Crippen LogP contribution in [-0.4, -0.2) is 62.7 Å². The third-order valence-electron chi connectivity index (χ3n) is 6.95. The van der Waals surface area contributed by atoms with E-state index in [0.717, 1.165) is 11.1 Å². The van der Waals surface area contributed by atoms with Crippen molar-refractivity contribution in [3.05, 3.63) is 105 Å². The first kappa shape index (κ1) is 34.1. The topological polar surface area (TPSA) is 104 Å². The Morgan fingerprint density at radius 1 is 1.16 bits per heavy atom. The van der Waals surface area contributed by atoms with E-state index in [1.165, 1.54) is 0 Å². The summed E-state index contributed by atoms with van der Waals surface area (Å²) in [6, 6.07) is 7.07. The van der Waals surface area contributed by atoms with E-state index in [1.807, 2.05) is 57.2 Å². The average molecular weight is 605 g/mol. The molecule has 10 heteroatoms. The molecule has 2 aromatic rings. The minimum Gasteiger partial charge on any atom is -0.455 e. The molecule has 1 unspecified atom stereocenters. The van der Waals surface area contributed by atoms with Crippen molar-refractivity contribution in [3.63, 3.8) is 0 Å². The van der Waals surface area contributed by atoms with Crippen LogP contribution in [0.4, 0.5) is 4.39 Å². The van der Waals surface area contributed by atoms with Crippen molar-refractivity contribution in [2.24, 2.45) is 9.98 Å². The summed E-state index contributed by atoms with van der Waals surface area (Å²) in [6.45, 7) is 7.35. The van der Waals surface area contributed by atoms with Gasteiger partial charge in [-0.2, -0.15) is 0 Å². The first-order chi connectivity index (χ1) is 21.2. The lowest BCUT2D eigenvalue weighted by atomic mass is 9.99. The number of halogens is 1. The summed E-state index contributed by atoms with van der Waals surface area (Å²) in [5.74, 6) is 0.589. The van der Waals surface area contributed by atoms with Crippen molar-refractivity contribution in [3.8, 4) is 11.1 Å². The molecule has 0 saturated carbocycles. The summed E-state index contributed by atoms with van der Waals surface area (Å²) in [5, 5.41) is 2.97. The molecule has 1 aromatic carbocycles. The SMILES string of the molecule is COC/C=C/N=C/C=C(OC1=CCC(NC(=O)c2c(C)n(CCF)cc(-c3ccc(C)cc3)c2=O)C=C1C)\C(C)=N\COC. The van der Waals surface area contributed by atoms with Crippen LogP contribution >= 0.6 is 0 Å². The van der Waals surface area contributed by atoms with E-state index in [-0.39, 0.29) is 24.9 Å². The molecular weight excluding hydrogens is 563 g/mol. The highest BCUT2D eigenvalue weighted by Crippen LogP contribution is 2.24. The van der Waals surface area contributed by atoms with Gasteiger partial charge in [0, 0.05) is 50.2 Å². The van der Waals surface area contributed by atoms with Crippen molar-refractivity contribution in [1.82, 2.24) is 9.88 Å². The van der Waals surface area contributed by atoms with Crippen molar-refractivity contribution < 1.29 is 23.4 Å². The van der Waals surface area contributed by atoms with E-state index in [2.05, 4.69) is 15.3 Å². The molecule has 0 aliphatic heterocycles. The quantitative estimate of drug-likeness (QED) is 0.222. The van der Waals surface area contributed by atoms with Gasteiger partial charge in [-0.1, -0.05) is 35.9 Å². The van der Waals surface area contributed by atoms with Gasteiger partial charge in [0.25, 0.3) is 5.91 Å². The smallest absolute Gasteiger partial charge is 0.257 e. The molecule has 234 valence electrons. The molecule has 1 N–H and O–H groups in total. The highest BCUT2D eigenvalue weighted by atomic mass is 19.1. The fraction of sp³-hybridized carbons (Fsp3) is 0.353. The molecule has 3 rings (SSSR count). The molecule has 9 nitrogen and oxygen atoms in total. The number of hydrogen-bond acceptors (Lipinski definition) is 7. The number of aromatic nitrogens is 1. The summed E-state index contributed by atoms with van der Waals surface area (Å²) < 4.78 is 31.3. The van der Waals surface area contributed by atoms with Crippen molar-refractivity contribution >= 4 is 17.8 Å². The summed E-state index contributed by atoms with van der Waals surface area (Å²) in [5.41, 5.74) is 3.50. The van der Waals surface area contributed by atoms with Crippen LogP contribution in [0, 0.1) is 13.8 Å². The number of benzene rings is 1. The third kappa shape index (κ3) is 9.29. The number of aliphatic imine (C=N–C) groups is 2. The van der Waals surface area contributed by atoms with Gasteiger partial charge in [-0.3, -0.25) is 19.6 Å². The average Bonchev–Trinajstić information content (AvgIpc) is 3.00. The Morgan fingerprint density at radius 2 is 1.91 bits per heavy atom. The molecule has 1 heterocycles. The fourth-order valence-electron chi connectivity index (χ4n) is 4.54. The highest BCUT2D eigenvalue weighted by Gasteiger charge is 2.24. The number of amides is 1. The van der Waals surface area contributed by atoms with Gasteiger partial charge in [0.15, 0.2) is 0 Å². The largest absolute Gasteiger partial charge is 0.455 e. The van der Waals surface area contributed by atoms with Crippen LogP contribution in [0.15, 0.2) is 92.8 Å². The Labute approximate surface area is 258 Å². The Kier molecular flexibility index (Phi) is 13.2. The minimum absolute atomic E-state index is 0.00244. The van der Waals surface area contributed by atoms with E-state index in [9.17, 15) is 14.0 Å². The predicted molar refractivity (Wildman–Crippen MR) is 173 cm³/mol. The van der Waals surface area contributed by atoms with E-state index >= 15 is 0 Å². The highest BCUT2D eigenvalue weighted by molar-refractivity contribution is 6.00. The number of rotatable bonds is 14. The van der Waals surface area contributed by atoms with Crippen LogP contribution in [0.2, 0.25) is 0 Å². The van der Waals surface area contributed by atoms with Gasteiger partial charge in [-0.15, -0.1) is 0 Å². The molecule has 0 radical (unpaired) electrons. The number of pyridine rings is 1. The Balaban J connectivity index is 1.83. The number of nitrogens with one attached hydrogen (secondary N) is 1. The Morgan fingerprint density at radius 3 is 2.57 bits per heavy atom. The normalized spacial score (nSPS) is 15.9. The van der Waals surface area contributed by atoms with Gasteiger partial charge in [0.05, 0.1) is 24.9 Å². The van der Waals surface area contributed by atoms with Gasteiger partial charge in [-0.05, 0) is 57.4 Å². The molecule has 0 saturated heterocycles. The number of ether oxygens (including phenoxy) is 3. The van der Waals surface area contributed by atoms with Gasteiger partial charge in [0.2, 0.25) is 5.43 Å². The van der Waals surface area contributed by atoms with E-state index in [0.29, 0.717) is 47.1 Å². The Hall–Kier alpha value is -4.41. The number of carbonyl (C=O) groups excluding carboxylic acids is 1. The van der Waals surface area contributed by atoms with Crippen molar-refractivity contribution in [2.45, 2.75) is 46.7 Å². The molecule has 1 atom stereocenters. The molecule has 1 aliphatic rings. The number of alkyl halides is 1. The van der Waals surface area contributed by atoms with Crippen LogP contribution in [0.25, 0.3) is 11.1 Å². The molecular formula is C34H41FN4O5. The fourth-order valence-corrected chi connectivity index (χ4v) is 4.54. The second-order valence-electron chi connectivity index (χ2n) is 10.2. The first-order valence-corrected chi connectivity index (χ1v) is 14.3. The number of allylic oxidation sites excluding steroid dienone is 3. The van der Waals surface area contributed by atoms with E-state index < -0.39 is 18.0 Å². The zero-order valence-electron chi connectivity index (χ0n) is 26.2. The molecule has 1 amide bonds. The third-order valence-corrected chi connectivity index (χ3v) is 6.95. The molecule has 1 aromatic heterocycles. The van der Waals surface area contributed by atoms with E-state index in [1.54, 1.807) is 56.5 Å². The van der Waals surface area contributed by atoms with Crippen LogP contribution in [-0.2, 0) is 20.8 Å². The second kappa shape index (κ2) is 17.0. The number of methoxy groups -OCH3 is 2. The van der Waals surface area contributed by atoms with Crippen LogP contribution in [0.5, 0.6) is 0 Å². The van der Waals surface area contributed by atoms with Crippen molar-refractivity contribution in [1.29, 1.82) is 0 Å². The zero-order valence-corrected chi connectivity index (χ0v) is 26.2. The van der Waals surface area contributed by atoms with Gasteiger partial charge in [-0.25, -0.2) is 4.39 Å². The summed E-state index contributed by atoms with van der Waals surface area (Å²) in [7, 11) is 3.17. The molecule has 0 bridgehead atoms. The lowest BCUT2D eigenvalue weighted by Crippen LogP contribution is -2.38. The maximum Gasteiger partial charge on any atom is 0.257 e. The van der Waals surface area contributed by atoms with Crippen LogP contribution < -0.4 is 10.7 Å². The monoisotopic (exact) mass is 604 g/mol. The number of carbonyl (C=O) groups is 1. The summed E-state index contributed by atoms with van der Waals surface area (Å²) in [4.78, 5) is 35.7. The summed E-state index contributed by atoms with van der Waals surface area (Å²) >= 11 is 0. The standard InChI is InChI=1S/C34H41FN4O5/c1-23-8-10-27(11-9-23)29-21-39(18-15-35)26(4)32(33(29)40)34(41)38-28-12-13-30(24(2)20-28)44-31(25(3)37-22-43-6)14-17-36-16-7-19-42-5/h7-11,13-14,16-17,20-21,28H,12,15,18-19,22H2,1-6H3,(H,38,41)/b16-7+,31-14+,36-17+,37-25+. The molecule has 0 fully saturated rings. The first-order valence-electron chi connectivity index (χ1n) is 14.3. The van der Waals surface area contributed by atoms with Crippen molar-refractivity contribution in [2.75, 3.05) is 34.2 Å². The van der Waals surface area contributed by atoms with Crippen LogP contribution in [0.1, 0.15) is 41.9 Å². The maximum absolute atomic E-state index is 13.6. The zero-order chi connectivity index (χ0) is 32.1. The lowest BCUT2D eigenvalue weighted by Gasteiger charge is -2.23. The van der Waals surface area contributed by atoms with Crippen LogP contribution in [0.3, 0.4) is 0 Å². The minimum atomic E-state index is -0.626. The molecule has 0 spiro atoms. The van der Waals surface area contributed by atoms with E-state index in [4.69, 9.17) is 14.2 Å². The summed E-state index contributed by atoms with van der Waals surface area (Å²) in [6.07, 6.45) is 12.5. The Bertz CT molecular complexity index is 1550. The number of hydrogen-bond donors (Lipinski definition) is 1. The number of nitrogens with zero attached hydrogens (tertiary/aromatic N) is 3. The van der Waals surface area contributed by atoms with Gasteiger partial charge >= 0.3 is 0 Å². The van der Waals surface area contributed by atoms with Gasteiger partial charge < -0.3 is 24.1 Å².